The molecule has 0 heterocycles. The Morgan fingerprint density at radius 2 is 1.53 bits per heavy atom. The smallest absolute Gasteiger partial charge is 0.0688 e. The van der Waals surface area contributed by atoms with Gasteiger partial charge >= 0.3 is 0 Å². The van der Waals surface area contributed by atoms with Crippen LogP contribution < -0.4 is 5.43 Å². The van der Waals surface area contributed by atoms with Gasteiger partial charge in [0.25, 0.3) is 0 Å². The highest BCUT2D eigenvalue weighted by molar-refractivity contribution is 6.02. The zero-order valence-corrected chi connectivity index (χ0v) is 17.0. The van der Waals surface area contributed by atoms with Crippen LogP contribution in [-0.4, -0.2) is 5.71 Å². The molecule has 0 fully saturated rings. The minimum Gasteiger partial charge on any atom is -0.278 e. The molecular weight excluding hydrogens is 364 g/mol. The second-order valence-corrected chi connectivity index (χ2v) is 7.87. The number of hydrazone groups is 1. The summed E-state index contributed by atoms with van der Waals surface area (Å²) in [5.41, 5.74) is 10.7. The lowest BCUT2D eigenvalue weighted by Gasteiger charge is -2.17. The molecule has 2 heteroatoms. The van der Waals surface area contributed by atoms with E-state index in [1.165, 1.54) is 27.5 Å². The topological polar surface area (TPSA) is 24.4 Å². The van der Waals surface area contributed by atoms with Crippen LogP contribution >= 0.6 is 0 Å². The molecule has 0 saturated heterocycles. The van der Waals surface area contributed by atoms with Crippen LogP contribution in [0.2, 0.25) is 0 Å². The van der Waals surface area contributed by atoms with Crippen molar-refractivity contribution in [1.82, 2.24) is 0 Å². The lowest BCUT2D eigenvalue weighted by Crippen LogP contribution is -2.10. The van der Waals surface area contributed by atoms with E-state index in [-0.39, 0.29) is 0 Å². The summed E-state index contributed by atoms with van der Waals surface area (Å²) >= 11 is 0. The summed E-state index contributed by atoms with van der Waals surface area (Å²) in [6.07, 6.45) is 3.17. The molecule has 4 aromatic rings. The zero-order valence-electron chi connectivity index (χ0n) is 17.0. The largest absolute Gasteiger partial charge is 0.278 e. The summed E-state index contributed by atoms with van der Waals surface area (Å²) in [5, 5.41) is 7.33. The van der Waals surface area contributed by atoms with Gasteiger partial charge in [-0.2, -0.15) is 5.10 Å². The van der Waals surface area contributed by atoms with Gasteiger partial charge < -0.3 is 0 Å². The van der Waals surface area contributed by atoms with Crippen LogP contribution in [0.4, 0.5) is 5.69 Å². The average molecular weight is 389 g/mol. The van der Waals surface area contributed by atoms with E-state index >= 15 is 0 Å². The molecule has 2 nitrogen and oxygen atoms in total. The first-order chi connectivity index (χ1) is 14.8. The highest BCUT2D eigenvalue weighted by Crippen LogP contribution is 2.39. The van der Waals surface area contributed by atoms with Gasteiger partial charge in [-0.05, 0) is 46.5 Å². The van der Waals surface area contributed by atoms with Gasteiger partial charge in [0.2, 0.25) is 0 Å². The second-order valence-electron chi connectivity index (χ2n) is 7.87. The van der Waals surface area contributed by atoms with E-state index in [2.05, 4.69) is 109 Å². The number of rotatable bonds is 5. The van der Waals surface area contributed by atoms with Gasteiger partial charge in [0.1, 0.15) is 0 Å². The van der Waals surface area contributed by atoms with Crippen molar-refractivity contribution in [2.24, 2.45) is 5.10 Å². The van der Waals surface area contributed by atoms with Gasteiger partial charge in [-0.25, -0.2) is 0 Å². The van der Waals surface area contributed by atoms with Crippen molar-refractivity contribution in [3.8, 4) is 0 Å². The highest BCUT2D eigenvalue weighted by Gasteiger charge is 2.24. The summed E-state index contributed by atoms with van der Waals surface area (Å²) in [6, 6.07) is 33.9. The monoisotopic (exact) mass is 388 g/mol. The third kappa shape index (κ3) is 3.65. The molecule has 5 rings (SSSR count). The number of allylic oxidation sites excluding steroid dienone is 1. The van der Waals surface area contributed by atoms with E-state index in [0.29, 0.717) is 5.92 Å². The van der Waals surface area contributed by atoms with Gasteiger partial charge in [0, 0.05) is 12.3 Å². The normalized spacial score (nSPS) is 15.7. The summed E-state index contributed by atoms with van der Waals surface area (Å²) in [5.74, 6) is 0.360. The maximum Gasteiger partial charge on any atom is 0.0688 e. The van der Waals surface area contributed by atoms with Crippen LogP contribution in [0.3, 0.4) is 0 Å². The molecule has 0 aliphatic heterocycles. The Balaban J connectivity index is 1.47. The van der Waals surface area contributed by atoms with E-state index in [9.17, 15) is 0 Å². The van der Waals surface area contributed by atoms with Gasteiger partial charge in [-0.3, -0.25) is 5.43 Å². The lowest BCUT2D eigenvalue weighted by molar-refractivity contribution is 0.852. The molecule has 1 aliphatic rings. The Morgan fingerprint density at radius 1 is 0.800 bits per heavy atom. The maximum atomic E-state index is 4.88. The number of nitrogens with one attached hydrogen (secondary N) is 1. The second kappa shape index (κ2) is 8.00. The molecule has 0 aromatic heterocycles. The number of benzene rings is 4. The molecule has 0 radical (unpaired) electrons. The number of hydrogen-bond donors (Lipinski definition) is 1. The molecule has 0 bridgehead atoms. The SMILES string of the molecule is CC1=Cc2ccccc2C1CC(=NNc1ccc2ccccc2c1)c1ccccc1. The summed E-state index contributed by atoms with van der Waals surface area (Å²) in [6.45, 7) is 2.23. The van der Waals surface area contributed by atoms with Gasteiger partial charge in [-0.15, -0.1) is 0 Å². The predicted octanol–water partition coefficient (Wildman–Crippen LogP) is 7.25. The number of hydrogen-bond acceptors (Lipinski definition) is 2. The predicted molar refractivity (Wildman–Crippen MR) is 128 cm³/mol. The van der Waals surface area contributed by atoms with Crippen molar-refractivity contribution in [2.45, 2.75) is 19.3 Å². The Morgan fingerprint density at radius 3 is 2.40 bits per heavy atom. The van der Waals surface area contributed by atoms with Crippen LogP contribution in [0.25, 0.3) is 16.8 Å². The average Bonchev–Trinajstić information content (AvgIpc) is 3.12. The fourth-order valence-electron chi connectivity index (χ4n) is 4.26. The first-order valence-corrected chi connectivity index (χ1v) is 10.4. The summed E-state index contributed by atoms with van der Waals surface area (Å²) in [4.78, 5) is 0. The molecule has 0 amide bonds. The van der Waals surface area contributed by atoms with Crippen LogP contribution in [0.15, 0.2) is 108 Å². The third-order valence-corrected chi connectivity index (χ3v) is 5.88. The third-order valence-electron chi connectivity index (χ3n) is 5.88. The molecule has 0 spiro atoms. The fourth-order valence-corrected chi connectivity index (χ4v) is 4.26. The van der Waals surface area contributed by atoms with E-state index in [1.54, 1.807) is 0 Å². The van der Waals surface area contributed by atoms with Crippen LogP contribution in [-0.2, 0) is 0 Å². The van der Waals surface area contributed by atoms with Crippen molar-refractivity contribution in [3.63, 3.8) is 0 Å². The summed E-state index contributed by atoms with van der Waals surface area (Å²) in [7, 11) is 0. The quantitative estimate of drug-likeness (QED) is 0.283. The van der Waals surface area contributed by atoms with E-state index in [0.717, 1.165) is 23.4 Å². The Labute approximate surface area is 177 Å². The van der Waals surface area contributed by atoms with Gasteiger partial charge in [-0.1, -0.05) is 96.6 Å². The Kier molecular flexibility index (Phi) is 4.90. The van der Waals surface area contributed by atoms with Gasteiger partial charge in [0.05, 0.1) is 11.4 Å². The molecule has 1 unspecified atom stereocenters. The van der Waals surface area contributed by atoms with Crippen LogP contribution in [0.1, 0.15) is 36.0 Å². The van der Waals surface area contributed by atoms with Crippen molar-refractivity contribution in [2.75, 3.05) is 5.43 Å². The Hall–Kier alpha value is -3.65. The minimum absolute atomic E-state index is 0.360. The standard InChI is InChI=1S/C28H24N2/c1-20-17-24-13-7-8-14-26(24)27(20)19-28(22-10-3-2-4-11-22)30-29-25-16-15-21-9-5-6-12-23(21)18-25/h2-18,27,29H,19H2,1H3. The number of fused-ring (bicyclic) bond motifs is 2. The van der Waals surface area contributed by atoms with Gasteiger partial charge in [0.15, 0.2) is 0 Å². The van der Waals surface area contributed by atoms with Crippen molar-refractivity contribution in [3.05, 3.63) is 119 Å². The molecule has 30 heavy (non-hydrogen) atoms. The molecule has 1 atom stereocenters. The maximum absolute atomic E-state index is 4.88. The Bertz CT molecular complexity index is 1250. The molecule has 4 aromatic carbocycles. The number of anilines is 1. The van der Waals surface area contributed by atoms with Crippen molar-refractivity contribution < 1.29 is 0 Å². The van der Waals surface area contributed by atoms with E-state index < -0.39 is 0 Å². The molecule has 146 valence electrons. The fraction of sp³-hybridized carbons (Fsp3) is 0.107. The minimum atomic E-state index is 0.360. The first kappa shape index (κ1) is 18.4. The molecule has 1 aliphatic carbocycles. The summed E-state index contributed by atoms with van der Waals surface area (Å²) < 4.78 is 0. The van der Waals surface area contributed by atoms with Crippen molar-refractivity contribution in [1.29, 1.82) is 0 Å². The zero-order chi connectivity index (χ0) is 20.3. The van der Waals surface area contributed by atoms with E-state index in [4.69, 9.17) is 5.10 Å². The van der Waals surface area contributed by atoms with E-state index in [1.807, 2.05) is 6.07 Å². The molecule has 1 N–H and O–H groups in total. The molecule has 0 saturated carbocycles. The van der Waals surface area contributed by atoms with Crippen LogP contribution in [0.5, 0.6) is 0 Å². The molecular formula is C28H24N2. The number of nitrogens with zero attached hydrogens (tertiary/aromatic N) is 1. The van der Waals surface area contributed by atoms with Crippen LogP contribution in [0, 0.1) is 0 Å². The first-order valence-electron chi connectivity index (χ1n) is 10.4. The van der Waals surface area contributed by atoms with Crippen molar-refractivity contribution >= 4 is 28.2 Å². The highest BCUT2D eigenvalue weighted by atomic mass is 15.3. The lowest BCUT2D eigenvalue weighted by atomic mass is 9.89.